The van der Waals surface area contributed by atoms with Gasteiger partial charge in [0.15, 0.2) is 16.6 Å². The molecule has 0 unspecified atom stereocenters. The van der Waals surface area contributed by atoms with Crippen molar-refractivity contribution in [1.82, 2.24) is 15.6 Å². The van der Waals surface area contributed by atoms with Crippen LogP contribution < -0.4 is 30.4 Å². The summed E-state index contributed by atoms with van der Waals surface area (Å²) in [4.78, 5) is 11.9. The smallest absolute Gasteiger partial charge is 0.240 e. The van der Waals surface area contributed by atoms with Gasteiger partial charge in [0, 0.05) is 31.1 Å². The summed E-state index contributed by atoms with van der Waals surface area (Å²) in [7, 11) is -3.83. The third-order valence-electron chi connectivity index (χ3n) is 4.09. The van der Waals surface area contributed by atoms with E-state index in [1.807, 2.05) is 0 Å². The summed E-state index contributed by atoms with van der Waals surface area (Å²) in [6.45, 7) is 0.820. The Bertz CT molecular complexity index is 1050. The Morgan fingerprint density at radius 2 is 1.74 bits per heavy atom. The number of halogens is 1. The van der Waals surface area contributed by atoms with Crippen molar-refractivity contribution in [2.75, 3.05) is 25.1 Å². The van der Waals surface area contributed by atoms with Gasteiger partial charge in [0.25, 0.3) is 0 Å². The second-order valence-corrected chi connectivity index (χ2v) is 8.62. The van der Waals surface area contributed by atoms with E-state index in [0.717, 1.165) is 0 Å². The van der Waals surface area contributed by atoms with E-state index in [1.165, 1.54) is 36.4 Å². The van der Waals surface area contributed by atoms with Crippen LogP contribution in [0, 0.1) is 5.82 Å². The number of benzene rings is 2. The molecule has 12 heteroatoms. The van der Waals surface area contributed by atoms with E-state index in [2.05, 4.69) is 20.9 Å². The molecule has 1 heterocycles. The zero-order valence-electron chi connectivity index (χ0n) is 16.3. The zero-order valence-corrected chi connectivity index (χ0v) is 17.9. The number of hydrazine groups is 1. The summed E-state index contributed by atoms with van der Waals surface area (Å²) in [6.07, 6.45) is 0.580. The van der Waals surface area contributed by atoms with Crippen LogP contribution in [0.15, 0.2) is 47.4 Å². The lowest BCUT2D eigenvalue weighted by Crippen LogP contribution is -2.44. The third-order valence-corrected chi connectivity index (χ3v) is 5.75. The second-order valence-electron chi connectivity index (χ2n) is 6.44. The van der Waals surface area contributed by atoms with Gasteiger partial charge in [-0.2, -0.15) is 0 Å². The number of fused-ring (bicyclic) bond motifs is 1. The molecule has 1 aliphatic rings. The van der Waals surface area contributed by atoms with Crippen LogP contribution in [-0.2, 0) is 14.8 Å². The van der Waals surface area contributed by atoms with Gasteiger partial charge in [-0.1, -0.05) is 0 Å². The van der Waals surface area contributed by atoms with E-state index in [0.29, 0.717) is 36.8 Å². The summed E-state index contributed by atoms with van der Waals surface area (Å²) in [6, 6.07) is 9.85. The van der Waals surface area contributed by atoms with Crippen LogP contribution in [0.5, 0.6) is 11.5 Å². The van der Waals surface area contributed by atoms with Crippen LogP contribution in [0.25, 0.3) is 0 Å². The number of ether oxygens (including phenoxy) is 2. The lowest BCUT2D eigenvalue weighted by molar-refractivity contribution is -0.121. The largest absolute Gasteiger partial charge is 0.490 e. The molecule has 1 aliphatic heterocycles. The number of hydrogen-bond donors (Lipinski definition) is 4. The van der Waals surface area contributed by atoms with Gasteiger partial charge in [-0.15, -0.1) is 0 Å². The molecule has 0 aliphatic carbocycles. The lowest BCUT2D eigenvalue weighted by atomic mass is 10.3. The lowest BCUT2D eigenvalue weighted by Gasteiger charge is -2.12. The zero-order chi connectivity index (χ0) is 22.3. The first-order valence-electron chi connectivity index (χ1n) is 9.34. The van der Waals surface area contributed by atoms with E-state index < -0.39 is 15.9 Å². The van der Waals surface area contributed by atoms with Crippen LogP contribution in [0.3, 0.4) is 0 Å². The topological polar surface area (TPSA) is 118 Å². The number of sulfonamides is 1. The van der Waals surface area contributed by atoms with Crippen molar-refractivity contribution in [2.24, 2.45) is 0 Å². The van der Waals surface area contributed by atoms with Crippen molar-refractivity contribution in [1.29, 1.82) is 0 Å². The molecule has 0 bridgehead atoms. The molecular formula is C19H21FN4O5S2. The van der Waals surface area contributed by atoms with Gasteiger partial charge in [0.05, 0.1) is 18.1 Å². The van der Waals surface area contributed by atoms with Gasteiger partial charge in [-0.25, -0.2) is 17.5 Å². The van der Waals surface area contributed by atoms with Crippen LogP contribution in [-0.4, -0.2) is 39.2 Å². The number of carbonyl (C=O) groups excluding carboxylic acids is 1. The Morgan fingerprint density at radius 1 is 1.03 bits per heavy atom. The van der Waals surface area contributed by atoms with E-state index in [9.17, 15) is 17.6 Å². The predicted molar refractivity (Wildman–Crippen MR) is 116 cm³/mol. The maximum absolute atomic E-state index is 12.9. The second kappa shape index (κ2) is 10.4. The molecule has 3 rings (SSSR count). The first-order valence-corrected chi connectivity index (χ1v) is 11.2. The first-order chi connectivity index (χ1) is 14.8. The van der Waals surface area contributed by atoms with Gasteiger partial charge < -0.3 is 14.8 Å². The molecule has 0 spiro atoms. The normalized spacial score (nSPS) is 13.1. The first kappa shape index (κ1) is 22.7. The Labute approximate surface area is 184 Å². The molecule has 0 aromatic heterocycles. The van der Waals surface area contributed by atoms with Crippen LogP contribution in [0.4, 0.5) is 10.1 Å². The molecular weight excluding hydrogens is 447 g/mol. The van der Waals surface area contributed by atoms with Gasteiger partial charge in [-0.05, 0) is 48.6 Å². The summed E-state index contributed by atoms with van der Waals surface area (Å²) >= 11 is 5.02. The minimum atomic E-state index is -3.83. The molecule has 9 nitrogen and oxygen atoms in total. The summed E-state index contributed by atoms with van der Waals surface area (Å²) in [5.74, 6) is -0.00634. The average Bonchev–Trinajstić information content (AvgIpc) is 2.99. The molecule has 166 valence electrons. The fourth-order valence-electron chi connectivity index (χ4n) is 2.58. The van der Waals surface area contributed by atoms with Crippen LogP contribution >= 0.6 is 12.2 Å². The van der Waals surface area contributed by atoms with Crippen molar-refractivity contribution in [2.45, 2.75) is 17.7 Å². The third kappa shape index (κ3) is 6.77. The highest BCUT2D eigenvalue weighted by molar-refractivity contribution is 7.89. The number of rotatable bonds is 6. The minimum Gasteiger partial charge on any atom is -0.490 e. The van der Waals surface area contributed by atoms with E-state index in [1.54, 1.807) is 6.07 Å². The highest BCUT2D eigenvalue weighted by Crippen LogP contribution is 2.31. The van der Waals surface area contributed by atoms with Gasteiger partial charge in [0.2, 0.25) is 15.9 Å². The quantitative estimate of drug-likeness (QED) is 0.374. The summed E-state index contributed by atoms with van der Waals surface area (Å²) < 4.78 is 51.2. The molecule has 4 N–H and O–H groups in total. The molecule has 31 heavy (non-hydrogen) atoms. The molecule has 1 amide bonds. The molecule has 2 aromatic carbocycles. The van der Waals surface area contributed by atoms with Crippen molar-refractivity contribution < 1.29 is 27.1 Å². The van der Waals surface area contributed by atoms with Gasteiger partial charge in [0.1, 0.15) is 5.82 Å². The molecule has 0 radical (unpaired) electrons. The fourth-order valence-corrected chi connectivity index (χ4v) is 3.79. The molecule has 2 aromatic rings. The van der Waals surface area contributed by atoms with Crippen molar-refractivity contribution >= 4 is 38.9 Å². The average molecular weight is 469 g/mol. The Balaban J connectivity index is 1.43. The van der Waals surface area contributed by atoms with Crippen molar-refractivity contribution in [3.8, 4) is 11.5 Å². The highest BCUT2D eigenvalue weighted by Gasteiger charge is 2.19. The van der Waals surface area contributed by atoms with E-state index in [4.69, 9.17) is 21.7 Å². The molecule has 0 fully saturated rings. The Morgan fingerprint density at radius 3 is 2.48 bits per heavy atom. The number of nitrogens with one attached hydrogen (secondary N) is 4. The highest BCUT2D eigenvalue weighted by atomic mass is 32.2. The molecule has 0 atom stereocenters. The summed E-state index contributed by atoms with van der Waals surface area (Å²) in [5, 5.41) is 2.85. The maximum atomic E-state index is 12.9. The number of thiocarbonyl (C=S) groups is 1. The number of hydrogen-bond acceptors (Lipinski definition) is 6. The SMILES string of the molecule is O=C(CCNS(=O)(=O)c1ccc2c(c1)OCCCO2)NNC(=S)Nc1ccc(F)cc1. The van der Waals surface area contributed by atoms with Crippen molar-refractivity contribution in [3.05, 3.63) is 48.3 Å². The van der Waals surface area contributed by atoms with E-state index >= 15 is 0 Å². The molecule has 0 saturated heterocycles. The standard InChI is InChI=1S/C19H21FN4O5S2/c20-13-2-4-14(5-3-13)22-19(30)24-23-18(25)8-9-21-31(26,27)15-6-7-16-17(12-15)29-11-1-10-28-16/h2-7,12,21H,1,8-11H2,(H,23,25)(H2,22,24,30). The Kier molecular flexibility index (Phi) is 7.60. The van der Waals surface area contributed by atoms with E-state index in [-0.39, 0.29) is 28.8 Å². The molecule has 0 saturated carbocycles. The van der Waals surface area contributed by atoms with Crippen molar-refractivity contribution in [3.63, 3.8) is 0 Å². The monoisotopic (exact) mass is 468 g/mol. The number of carbonyl (C=O) groups is 1. The Hall–Kier alpha value is -2.96. The number of amides is 1. The van der Waals surface area contributed by atoms with Crippen LogP contribution in [0.1, 0.15) is 12.8 Å². The fraction of sp³-hybridized carbons (Fsp3) is 0.263. The minimum absolute atomic E-state index is 0.0139. The predicted octanol–water partition coefficient (Wildman–Crippen LogP) is 1.67. The summed E-state index contributed by atoms with van der Waals surface area (Å²) in [5.41, 5.74) is 5.37. The van der Waals surface area contributed by atoms with Crippen LogP contribution in [0.2, 0.25) is 0 Å². The van der Waals surface area contributed by atoms with Gasteiger partial charge in [-0.3, -0.25) is 15.6 Å². The number of anilines is 1. The van der Waals surface area contributed by atoms with Gasteiger partial charge >= 0.3 is 0 Å². The maximum Gasteiger partial charge on any atom is 0.240 e.